The minimum atomic E-state index is -0.254. The Kier molecular flexibility index (Phi) is 6.38. The average Bonchev–Trinajstić information content (AvgIpc) is 1.97. The van der Waals surface area contributed by atoms with E-state index in [4.69, 9.17) is 4.74 Å². The largest absolute Gasteiger partial charge is 0.463 e. The predicted octanol–water partition coefficient (Wildman–Crippen LogP) is 1.82. The highest BCUT2D eigenvalue weighted by atomic mass is 32.2. The molecule has 0 bridgehead atoms. The molecule has 3 heteroatoms. The molecule has 0 atom stereocenters. The van der Waals surface area contributed by atoms with Crippen LogP contribution in [-0.4, -0.2) is 18.8 Å². The van der Waals surface area contributed by atoms with Gasteiger partial charge in [0.25, 0.3) is 0 Å². The third-order valence-electron chi connectivity index (χ3n) is 0.789. The highest BCUT2D eigenvalue weighted by Crippen LogP contribution is 1.94. The first-order chi connectivity index (χ1) is 4.81. The molecule has 0 radical (unpaired) electrons. The van der Waals surface area contributed by atoms with Crippen LogP contribution in [0.2, 0.25) is 0 Å². The van der Waals surface area contributed by atoms with Gasteiger partial charge < -0.3 is 4.74 Å². The van der Waals surface area contributed by atoms with E-state index in [-0.39, 0.29) is 5.97 Å². The molecule has 0 heterocycles. The van der Waals surface area contributed by atoms with Gasteiger partial charge in [0, 0.05) is 6.08 Å². The Bertz CT molecular complexity index is 121. The number of ether oxygens (including phenoxy) is 1. The summed E-state index contributed by atoms with van der Waals surface area (Å²) in [7, 11) is 0. The van der Waals surface area contributed by atoms with Crippen LogP contribution in [0.5, 0.6) is 0 Å². The molecule has 58 valence electrons. The Hall–Kier alpha value is -0.440. The SMILES string of the molecule is CCCOC(=O)/C=C/SC. The topological polar surface area (TPSA) is 26.3 Å². The molecule has 0 aromatic carbocycles. The lowest BCUT2D eigenvalue weighted by molar-refractivity contribution is -0.137. The maximum atomic E-state index is 10.6. The zero-order chi connectivity index (χ0) is 7.82. The molecule has 10 heavy (non-hydrogen) atoms. The number of thioether (sulfide) groups is 1. The number of carbonyl (C=O) groups excluding carboxylic acids is 1. The lowest BCUT2D eigenvalue weighted by Crippen LogP contribution is -2.00. The van der Waals surface area contributed by atoms with Crippen molar-refractivity contribution < 1.29 is 9.53 Å². The van der Waals surface area contributed by atoms with Crippen LogP contribution in [0.3, 0.4) is 0 Å². The Morgan fingerprint density at radius 3 is 2.90 bits per heavy atom. The van der Waals surface area contributed by atoms with Crippen LogP contribution in [-0.2, 0) is 9.53 Å². The van der Waals surface area contributed by atoms with Gasteiger partial charge in [0.05, 0.1) is 6.61 Å². The van der Waals surface area contributed by atoms with Crippen LogP contribution in [0.1, 0.15) is 13.3 Å². The summed E-state index contributed by atoms with van der Waals surface area (Å²) in [6, 6.07) is 0. The monoisotopic (exact) mass is 160 g/mol. The van der Waals surface area contributed by atoms with Gasteiger partial charge in [-0.15, -0.1) is 11.8 Å². The molecule has 0 spiro atoms. The third kappa shape index (κ3) is 5.69. The van der Waals surface area contributed by atoms with Crippen molar-refractivity contribution in [3.8, 4) is 0 Å². The summed E-state index contributed by atoms with van der Waals surface area (Å²) >= 11 is 1.48. The number of rotatable bonds is 4. The molecule has 0 fully saturated rings. The van der Waals surface area contributed by atoms with Gasteiger partial charge in [-0.25, -0.2) is 4.79 Å². The van der Waals surface area contributed by atoms with E-state index < -0.39 is 0 Å². The predicted molar refractivity (Wildman–Crippen MR) is 43.9 cm³/mol. The van der Waals surface area contributed by atoms with Gasteiger partial charge in [-0.3, -0.25) is 0 Å². The van der Waals surface area contributed by atoms with Crippen molar-refractivity contribution in [2.75, 3.05) is 12.9 Å². The molecule has 2 nitrogen and oxygen atoms in total. The highest BCUT2D eigenvalue weighted by Gasteiger charge is 1.92. The smallest absolute Gasteiger partial charge is 0.331 e. The van der Waals surface area contributed by atoms with E-state index in [1.165, 1.54) is 17.8 Å². The second-order valence-corrected chi connectivity index (χ2v) is 2.45. The van der Waals surface area contributed by atoms with Crippen molar-refractivity contribution in [3.63, 3.8) is 0 Å². The van der Waals surface area contributed by atoms with Crippen molar-refractivity contribution in [3.05, 3.63) is 11.5 Å². The quantitative estimate of drug-likeness (QED) is 0.463. The van der Waals surface area contributed by atoms with Crippen molar-refractivity contribution in [1.82, 2.24) is 0 Å². The van der Waals surface area contributed by atoms with Crippen LogP contribution in [0.15, 0.2) is 11.5 Å². The van der Waals surface area contributed by atoms with Crippen LogP contribution >= 0.6 is 11.8 Å². The Balaban J connectivity index is 3.34. The van der Waals surface area contributed by atoms with Crippen molar-refractivity contribution >= 4 is 17.7 Å². The summed E-state index contributed by atoms with van der Waals surface area (Å²) in [5.74, 6) is -0.254. The van der Waals surface area contributed by atoms with E-state index in [1.54, 1.807) is 5.41 Å². The number of hydrogen-bond acceptors (Lipinski definition) is 3. The summed E-state index contributed by atoms with van der Waals surface area (Å²) < 4.78 is 4.75. The first kappa shape index (κ1) is 9.56. The van der Waals surface area contributed by atoms with Crippen LogP contribution in [0.25, 0.3) is 0 Å². The number of hydrogen-bond donors (Lipinski definition) is 0. The van der Waals surface area contributed by atoms with Crippen molar-refractivity contribution in [1.29, 1.82) is 0 Å². The summed E-state index contributed by atoms with van der Waals surface area (Å²) in [4.78, 5) is 10.6. The second-order valence-electron chi connectivity index (χ2n) is 1.71. The van der Waals surface area contributed by atoms with Crippen LogP contribution < -0.4 is 0 Å². The molecule has 0 aliphatic carbocycles. The lowest BCUT2D eigenvalue weighted by Gasteiger charge is -1.95. The van der Waals surface area contributed by atoms with Gasteiger partial charge in [0.15, 0.2) is 0 Å². The molecule has 0 unspecified atom stereocenters. The second kappa shape index (κ2) is 6.68. The average molecular weight is 160 g/mol. The van der Waals surface area contributed by atoms with E-state index in [0.29, 0.717) is 6.61 Å². The van der Waals surface area contributed by atoms with Gasteiger partial charge in [0.2, 0.25) is 0 Å². The van der Waals surface area contributed by atoms with Gasteiger partial charge in [-0.2, -0.15) is 0 Å². The lowest BCUT2D eigenvalue weighted by atomic mass is 10.5. The number of carbonyl (C=O) groups is 1. The molecule has 0 N–H and O–H groups in total. The highest BCUT2D eigenvalue weighted by molar-refractivity contribution is 8.01. The maximum absolute atomic E-state index is 10.6. The summed E-state index contributed by atoms with van der Waals surface area (Å²) in [5, 5.41) is 1.71. The molecular formula is C7H12O2S. The fraction of sp³-hybridized carbons (Fsp3) is 0.571. The molecule has 0 saturated heterocycles. The molecule has 0 aromatic rings. The van der Waals surface area contributed by atoms with Crippen molar-refractivity contribution in [2.24, 2.45) is 0 Å². The summed E-state index contributed by atoms with van der Waals surface area (Å²) in [5.41, 5.74) is 0. The molecule has 0 aromatic heterocycles. The fourth-order valence-electron chi connectivity index (χ4n) is 0.374. The first-order valence-electron chi connectivity index (χ1n) is 3.17. The molecule has 0 amide bonds. The molecule has 0 saturated carbocycles. The fourth-order valence-corrected chi connectivity index (χ4v) is 0.622. The Labute approximate surface area is 65.6 Å². The molecule has 0 aliphatic rings. The van der Waals surface area contributed by atoms with Crippen LogP contribution in [0, 0.1) is 0 Å². The maximum Gasteiger partial charge on any atom is 0.331 e. The van der Waals surface area contributed by atoms with E-state index in [2.05, 4.69) is 0 Å². The van der Waals surface area contributed by atoms with Crippen molar-refractivity contribution in [2.45, 2.75) is 13.3 Å². The van der Waals surface area contributed by atoms with Crippen LogP contribution in [0.4, 0.5) is 0 Å². The zero-order valence-electron chi connectivity index (χ0n) is 6.29. The molecular weight excluding hydrogens is 148 g/mol. The Morgan fingerprint density at radius 1 is 1.70 bits per heavy atom. The first-order valence-corrected chi connectivity index (χ1v) is 4.46. The Morgan fingerprint density at radius 2 is 2.40 bits per heavy atom. The minimum absolute atomic E-state index is 0.254. The standard InChI is InChI=1S/C7H12O2S/c1-3-5-9-7(8)4-6-10-2/h4,6H,3,5H2,1-2H3/b6-4+. The van der Waals surface area contributed by atoms with E-state index in [1.807, 2.05) is 13.2 Å². The summed E-state index contributed by atoms with van der Waals surface area (Å²) in [6.45, 7) is 2.48. The van der Waals surface area contributed by atoms with Gasteiger partial charge in [0.1, 0.15) is 0 Å². The molecule has 0 aliphatic heterocycles. The van der Waals surface area contributed by atoms with Gasteiger partial charge >= 0.3 is 5.97 Å². The van der Waals surface area contributed by atoms with E-state index in [0.717, 1.165) is 6.42 Å². The van der Waals surface area contributed by atoms with E-state index >= 15 is 0 Å². The minimum Gasteiger partial charge on any atom is -0.463 e. The third-order valence-corrected chi connectivity index (χ3v) is 1.20. The van der Waals surface area contributed by atoms with Gasteiger partial charge in [-0.1, -0.05) is 6.92 Å². The summed E-state index contributed by atoms with van der Waals surface area (Å²) in [6.07, 6.45) is 4.20. The van der Waals surface area contributed by atoms with Gasteiger partial charge in [-0.05, 0) is 18.1 Å². The zero-order valence-corrected chi connectivity index (χ0v) is 7.11. The van der Waals surface area contributed by atoms with E-state index in [9.17, 15) is 4.79 Å². The molecule has 0 rings (SSSR count). The number of esters is 1. The normalized spacial score (nSPS) is 10.2.